The number of ether oxygens (including phenoxy) is 2. The molecule has 3 rings (SSSR count). The molecule has 1 fully saturated rings. The van der Waals surface area contributed by atoms with Crippen molar-refractivity contribution in [3.63, 3.8) is 0 Å². The summed E-state index contributed by atoms with van der Waals surface area (Å²) in [4.78, 5) is 1.26. The van der Waals surface area contributed by atoms with Gasteiger partial charge in [0, 0.05) is 0 Å². The molecule has 30 heavy (non-hydrogen) atoms. The molecule has 1 aliphatic carbocycles. The van der Waals surface area contributed by atoms with Gasteiger partial charge in [0.2, 0.25) is 0 Å². The second kappa shape index (κ2) is 11.6. The van der Waals surface area contributed by atoms with E-state index in [0.717, 1.165) is 37.2 Å². The van der Waals surface area contributed by atoms with Gasteiger partial charge in [-0.3, -0.25) is 8.37 Å². The van der Waals surface area contributed by atoms with Gasteiger partial charge in [0.25, 0.3) is 0 Å². The van der Waals surface area contributed by atoms with Crippen molar-refractivity contribution in [1.29, 1.82) is 0 Å². The van der Waals surface area contributed by atoms with Gasteiger partial charge in [-0.1, -0.05) is 0 Å². The lowest BCUT2D eigenvalue weighted by atomic mass is 9.83. The average molecular weight is 453 g/mol. The van der Waals surface area contributed by atoms with E-state index in [1.54, 1.807) is 24.3 Å². The normalized spacial score (nSPS) is 21.0. The van der Waals surface area contributed by atoms with Crippen molar-refractivity contribution < 1.29 is 26.3 Å². The number of rotatable bonds is 10. The Bertz CT molecular complexity index is 758. The van der Waals surface area contributed by atoms with E-state index in [0.29, 0.717) is 34.8 Å². The fourth-order valence-electron chi connectivity index (χ4n) is 3.48. The second-order valence-electron chi connectivity index (χ2n) is 7.25. The van der Waals surface area contributed by atoms with Crippen LogP contribution in [-0.4, -0.2) is 35.9 Å². The van der Waals surface area contributed by atoms with Gasteiger partial charge in [-0.2, -0.15) is 0 Å². The highest BCUT2D eigenvalue weighted by atomic mass is 32.2. The van der Waals surface area contributed by atoms with E-state index in [1.807, 2.05) is 24.3 Å². The molecule has 2 unspecified atom stereocenters. The second-order valence-corrected chi connectivity index (χ2v) is 9.80. The molecule has 0 amide bonds. The third-order valence-corrected chi connectivity index (χ3v) is 7.19. The van der Waals surface area contributed by atoms with Gasteiger partial charge in [-0.15, -0.1) is 0 Å². The summed E-state index contributed by atoms with van der Waals surface area (Å²) in [5.74, 6) is 2.65. The standard InChI is InChI=1S/C22H28O6S2/c1-25-29(23)21-11-7-19(8-12-21)27-15-17-3-5-18(6-4-17)16-28-20-9-13-22(14-10-20)30(24)26-2/h7-14,17-18H,3-6,15-16H2,1-2H3. The van der Waals surface area contributed by atoms with Crippen molar-refractivity contribution in [2.24, 2.45) is 11.8 Å². The van der Waals surface area contributed by atoms with Gasteiger partial charge in [0.1, 0.15) is 11.5 Å². The van der Waals surface area contributed by atoms with Gasteiger partial charge in [-0.25, -0.2) is 8.42 Å². The quantitative estimate of drug-likeness (QED) is 0.536. The van der Waals surface area contributed by atoms with Crippen molar-refractivity contribution in [2.45, 2.75) is 35.5 Å². The van der Waals surface area contributed by atoms with Crippen molar-refractivity contribution >= 4 is 22.2 Å². The highest BCUT2D eigenvalue weighted by Gasteiger charge is 2.22. The Morgan fingerprint density at radius 3 is 1.30 bits per heavy atom. The molecule has 1 saturated carbocycles. The molecule has 1 aliphatic rings. The van der Waals surface area contributed by atoms with Crippen molar-refractivity contribution in [1.82, 2.24) is 0 Å². The van der Waals surface area contributed by atoms with Crippen LogP contribution in [-0.2, 0) is 30.5 Å². The summed E-state index contributed by atoms with van der Waals surface area (Å²) in [7, 11) is 2.84. The Hall–Kier alpha value is -1.74. The minimum atomic E-state index is -1.42. The van der Waals surface area contributed by atoms with Crippen LogP contribution in [0.2, 0.25) is 0 Å². The summed E-state index contributed by atoms with van der Waals surface area (Å²) in [6.45, 7) is 1.39. The summed E-state index contributed by atoms with van der Waals surface area (Å²) in [6, 6.07) is 14.4. The smallest absolute Gasteiger partial charge is 0.188 e. The van der Waals surface area contributed by atoms with Gasteiger partial charge >= 0.3 is 0 Å². The molecule has 0 aliphatic heterocycles. The minimum absolute atomic E-state index is 0.539. The molecule has 2 aromatic carbocycles. The van der Waals surface area contributed by atoms with Gasteiger partial charge in [0.05, 0.1) is 37.2 Å². The molecule has 0 saturated heterocycles. The Balaban J connectivity index is 1.36. The maximum Gasteiger partial charge on any atom is 0.188 e. The zero-order valence-corrected chi connectivity index (χ0v) is 18.9. The van der Waals surface area contributed by atoms with Crippen LogP contribution in [0.3, 0.4) is 0 Å². The number of hydrogen-bond acceptors (Lipinski definition) is 6. The summed E-state index contributed by atoms with van der Waals surface area (Å²) in [6.07, 6.45) is 4.47. The Morgan fingerprint density at radius 2 is 1.00 bits per heavy atom. The molecular formula is C22H28O6S2. The lowest BCUT2D eigenvalue weighted by molar-refractivity contribution is 0.148. The Kier molecular flexibility index (Phi) is 8.87. The summed E-state index contributed by atoms with van der Waals surface area (Å²) in [5.41, 5.74) is 0. The molecule has 0 spiro atoms. The molecule has 0 bridgehead atoms. The molecule has 6 nitrogen and oxygen atoms in total. The first kappa shape index (κ1) is 22.9. The molecule has 0 heterocycles. The first-order chi connectivity index (χ1) is 14.6. The van der Waals surface area contributed by atoms with Crippen LogP contribution in [0.5, 0.6) is 11.5 Å². The molecule has 164 valence electrons. The van der Waals surface area contributed by atoms with Crippen LogP contribution in [0.1, 0.15) is 25.7 Å². The number of hydrogen-bond donors (Lipinski definition) is 0. The van der Waals surface area contributed by atoms with Crippen LogP contribution in [0.25, 0.3) is 0 Å². The van der Waals surface area contributed by atoms with E-state index in [2.05, 4.69) is 0 Å². The SMILES string of the molecule is COS(=O)c1ccc(OCC2CCC(COc3ccc(S(=O)OC)cc3)CC2)cc1. The fourth-order valence-corrected chi connectivity index (χ4v) is 4.58. The monoisotopic (exact) mass is 452 g/mol. The molecule has 0 N–H and O–H groups in total. The first-order valence-electron chi connectivity index (χ1n) is 9.97. The predicted molar refractivity (Wildman–Crippen MR) is 116 cm³/mol. The highest BCUT2D eigenvalue weighted by molar-refractivity contribution is 7.80. The Morgan fingerprint density at radius 1 is 0.667 bits per heavy atom. The molecule has 8 heteroatoms. The highest BCUT2D eigenvalue weighted by Crippen LogP contribution is 2.30. The third-order valence-electron chi connectivity index (χ3n) is 5.27. The van der Waals surface area contributed by atoms with E-state index < -0.39 is 22.2 Å². The third kappa shape index (κ3) is 6.63. The molecule has 0 radical (unpaired) electrons. The van der Waals surface area contributed by atoms with Crippen LogP contribution in [0.15, 0.2) is 58.3 Å². The first-order valence-corrected chi connectivity index (χ1v) is 12.1. The zero-order valence-electron chi connectivity index (χ0n) is 17.3. The Labute approximate surface area is 183 Å². The maximum atomic E-state index is 11.6. The van der Waals surface area contributed by atoms with E-state index in [1.165, 1.54) is 14.2 Å². The summed E-state index contributed by atoms with van der Waals surface area (Å²) >= 11 is -2.84. The molecule has 0 aromatic heterocycles. The van der Waals surface area contributed by atoms with E-state index >= 15 is 0 Å². The summed E-state index contributed by atoms with van der Waals surface area (Å²) in [5, 5.41) is 0. The van der Waals surface area contributed by atoms with Gasteiger partial charge in [0.15, 0.2) is 22.2 Å². The lowest BCUT2D eigenvalue weighted by Gasteiger charge is -2.28. The minimum Gasteiger partial charge on any atom is -0.493 e. The van der Waals surface area contributed by atoms with Crippen LogP contribution < -0.4 is 9.47 Å². The zero-order chi connectivity index (χ0) is 21.3. The van der Waals surface area contributed by atoms with Crippen LogP contribution >= 0.6 is 0 Å². The van der Waals surface area contributed by atoms with E-state index in [-0.39, 0.29) is 0 Å². The van der Waals surface area contributed by atoms with Gasteiger partial charge in [-0.05, 0) is 86.1 Å². The molecule has 2 atom stereocenters. The van der Waals surface area contributed by atoms with Crippen molar-refractivity contribution in [2.75, 3.05) is 27.4 Å². The lowest BCUT2D eigenvalue weighted by Crippen LogP contribution is -2.23. The van der Waals surface area contributed by atoms with Crippen molar-refractivity contribution in [3.8, 4) is 11.5 Å². The van der Waals surface area contributed by atoms with E-state index in [9.17, 15) is 8.42 Å². The molecule has 2 aromatic rings. The van der Waals surface area contributed by atoms with Gasteiger partial charge < -0.3 is 9.47 Å². The summed E-state index contributed by atoms with van der Waals surface area (Å²) < 4.78 is 44.6. The largest absolute Gasteiger partial charge is 0.493 e. The predicted octanol–water partition coefficient (Wildman–Crippen LogP) is 4.29. The van der Waals surface area contributed by atoms with Crippen molar-refractivity contribution in [3.05, 3.63) is 48.5 Å². The van der Waals surface area contributed by atoms with Crippen LogP contribution in [0, 0.1) is 11.8 Å². The average Bonchev–Trinajstić information content (AvgIpc) is 2.81. The topological polar surface area (TPSA) is 71.1 Å². The molecular weight excluding hydrogens is 424 g/mol. The maximum absolute atomic E-state index is 11.6. The van der Waals surface area contributed by atoms with Crippen LogP contribution in [0.4, 0.5) is 0 Å². The fraction of sp³-hybridized carbons (Fsp3) is 0.455. The van der Waals surface area contributed by atoms with E-state index in [4.69, 9.17) is 17.8 Å². The number of benzene rings is 2.